The van der Waals surface area contributed by atoms with Gasteiger partial charge in [0, 0.05) is 78.9 Å². The molecule has 225 valence electrons. The molecule has 0 saturated heterocycles. The van der Waals surface area contributed by atoms with Crippen LogP contribution in [0.3, 0.4) is 0 Å². The fourth-order valence-corrected chi connectivity index (χ4v) is 5.09. The molecule has 0 atom stereocenters. The van der Waals surface area contributed by atoms with Gasteiger partial charge in [0.2, 0.25) is 0 Å². The van der Waals surface area contributed by atoms with Crippen molar-refractivity contribution in [1.82, 2.24) is 14.5 Å². The van der Waals surface area contributed by atoms with Gasteiger partial charge in [-0.05, 0) is 41.9 Å². The number of aromatic nitrogens is 3. The maximum atomic E-state index is 12.6. The molecule has 7 heteroatoms. The Bertz CT molecular complexity index is 2190. The third kappa shape index (κ3) is 8.09. The summed E-state index contributed by atoms with van der Waals surface area (Å²) in [6.07, 6.45) is 1.70. The second kappa shape index (κ2) is 16.7. The molecule has 0 aliphatic heterocycles. The molecule has 0 fully saturated rings. The number of halogens is 1. The van der Waals surface area contributed by atoms with Crippen molar-refractivity contribution in [3.8, 4) is 39.5 Å². The SMILES string of the molecule is Fc1c[c-]c(-c2ccccn2)cc1.[B].[Ir].[Y].[c-]1ccc(-c2[c-]c3ccccc3cc2)[c-]c1-c1nc2ccccc2n1-c1ccccc1. The smallest absolute Gasteiger partial charge is 0.0668 e. The molecule has 0 bridgehead atoms. The molecule has 8 aromatic rings. The predicted molar refractivity (Wildman–Crippen MR) is 180 cm³/mol. The number of pyridine rings is 1. The Morgan fingerprint density at radius 2 is 1.36 bits per heavy atom. The maximum Gasteiger partial charge on any atom is 0.0668 e. The Kier molecular flexibility index (Phi) is 12.7. The van der Waals surface area contributed by atoms with Crippen LogP contribution in [0.15, 0.2) is 146 Å². The molecule has 0 unspecified atom stereocenters. The zero-order valence-electron chi connectivity index (χ0n) is 25.1. The van der Waals surface area contributed by atoms with Crippen LogP contribution >= 0.6 is 0 Å². The molecule has 2 aromatic heterocycles. The fraction of sp³-hybridized carbons (Fsp3) is 0. The van der Waals surface area contributed by atoms with Crippen molar-refractivity contribution in [3.63, 3.8) is 0 Å². The van der Waals surface area contributed by atoms with Gasteiger partial charge in [-0.1, -0.05) is 66.0 Å². The quantitative estimate of drug-likeness (QED) is 0.131. The fourth-order valence-electron chi connectivity index (χ4n) is 5.09. The Morgan fingerprint density at radius 3 is 2.15 bits per heavy atom. The van der Waals surface area contributed by atoms with Crippen LogP contribution in [-0.2, 0) is 52.8 Å². The van der Waals surface area contributed by atoms with Crippen LogP contribution in [0.2, 0.25) is 0 Å². The first-order valence-corrected chi connectivity index (χ1v) is 14.2. The van der Waals surface area contributed by atoms with Gasteiger partial charge in [-0.3, -0.25) is 27.7 Å². The molecule has 8 rings (SSSR count). The first-order valence-electron chi connectivity index (χ1n) is 14.2. The molecule has 0 amide bonds. The standard InChI is InChI=1S/C29H17N2.C11H7FN.B.Ir.Y/c1-2-13-26(14-3-1)31-28-16-7-6-15-27(28)30-29(31)25-12-8-11-23(20-25)24-18-17-21-9-4-5-10-22(21)19-24;12-10-6-4-9(5-7-10)11-3-1-2-8-13-11;;;/h1-11,13-18H;1-4,6-8H;;;/q-3;-1;;;. The van der Waals surface area contributed by atoms with E-state index in [1.54, 1.807) is 12.3 Å². The number of fused-ring (bicyclic) bond motifs is 2. The van der Waals surface area contributed by atoms with Crippen molar-refractivity contribution >= 4 is 30.2 Å². The van der Waals surface area contributed by atoms with Gasteiger partial charge in [0.05, 0.1) is 11.0 Å². The average molecular weight is 858 g/mol. The molecular weight excluding hydrogens is 833 g/mol. The summed E-state index contributed by atoms with van der Waals surface area (Å²) in [4.78, 5) is 9.06. The molecule has 3 nitrogen and oxygen atoms in total. The van der Waals surface area contributed by atoms with Crippen molar-refractivity contribution in [2.24, 2.45) is 0 Å². The third-order valence-electron chi connectivity index (χ3n) is 7.20. The monoisotopic (exact) mass is 858 g/mol. The first-order chi connectivity index (χ1) is 21.7. The van der Waals surface area contributed by atoms with Gasteiger partial charge < -0.3 is 20.6 Å². The van der Waals surface area contributed by atoms with E-state index in [9.17, 15) is 4.39 Å². The molecule has 47 heavy (non-hydrogen) atoms. The zero-order chi connectivity index (χ0) is 29.7. The van der Waals surface area contributed by atoms with Gasteiger partial charge >= 0.3 is 0 Å². The van der Waals surface area contributed by atoms with E-state index < -0.39 is 0 Å². The summed E-state index contributed by atoms with van der Waals surface area (Å²) in [5, 5.41) is 2.28. The molecular formula is C40H24BFIrN3Y-4. The number of hydrogen-bond donors (Lipinski definition) is 0. The van der Waals surface area contributed by atoms with Crippen LogP contribution in [0.25, 0.3) is 61.3 Å². The summed E-state index contributed by atoms with van der Waals surface area (Å²) in [5.74, 6) is 0.551. The van der Waals surface area contributed by atoms with Crippen LogP contribution in [0.5, 0.6) is 0 Å². The second-order valence-electron chi connectivity index (χ2n) is 10.1. The van der Waals surface area contributed by atoms with Gasteiger partial charge in [-0.15, -0.1) is 59.5 Å². The number of para-hydroxylation sites is 3. The average Bonchev–Trinajstić information content (AvgIpc) is 3.49. The van der Waals surface area contributed by atoms with Gasteiger partial charge in [0.1, 0.15) is 0 Å². The van der Waals surface area contributed by atoms with Crippen LogP contribution < -0.4 is 0 Å². The Morgan fingerprint density at radius 1 is 0.638 bits per heavy atom. The van der Waals surface area contributed by atoms with E-state index in [1.807, 2.05) is 78.9 Å². The minimum atomic E-state index is -0.278. The number of nitrogens with zero attached hydrogens (tertiary/aromatic N) is 3. The van der Waals surface area contributed by atoms with Crippen molar-refractivity contribution in [2.75, 3.05) is 0 Å². The summed E-state index contributed by atoms with van der Waals surface area (Å²) < 4.78 is 14.7. The number of hydrogen-bond acceptors (Lipinski definition) is 2. The molecule has 0 N–H and O–H groups in total. The van der Waals surface area contributed by atoms with E-state index in [1.165, 1.54) is 17.5 Å². The molecule has 5 radical (unpaired) electrons. The molecule has 0 spiro atoms. The molecule has 0 saturated carbocycles. The summed E-state index contributed by atoms with van der Waals surface area (Å²) in [6.45, 7) is 0. The first kappa shape index (κ1) is 35.8. The van der Waals surface area contributed by atoms with Crippen LogP contribution in [0, 0.1) is 30.1 Å². The van der Waals surface area contributed by atoms with E-state index in [2.05, 4.69) is 76.3 Å². The topological polar surface area (TPSA) is 30.7 Å². The summed E-state index contributed by atoms with van der Waals surface area (Å²) in [5.41, 5.74) is 7.51. The minimum absolute atomic E-state index is 0. The largest absolute Gasteiger partial charge is 0.374 e. The molecule has 6 aromatic carbocycles. The number of benzene rings is 6. The molecule has 0 aliphatic rings. The number of imidazole rings is 1. The van der Waals surface area contributed by atoms with E-state index in [0.29, 0.717) is 0 Å². The van der Waals surface area contributed by atoms with E-state index in [4.69, 9.17) is 4.98 Å². The van der Waals surface area contributed by atoms with Gasteiger partial charge in [-0.25, -0.2) is 6.07 Å². The van der Waals surface area contributed by atoms with E-state index >= 15 is 0 Å². The summed E-state index contributed by atoms with van der Waals surface area (Å²) in [7, 11) is 0. The van der Waals surface area contributed by atoms with Crippen molar-refractivity contribution in [2.45, 2.75) is 0 Å². The van der Waals surface area contributed by atoms with E-state index in [-0.39, 0.29) is 67.0 Å². The molecule has 0 aliphatic carbocycles. The summed E-state index contributed by atoms with van der Waals surface area (Å²) in [6, 6.07) is 58.2. The van der Waals surface area contributed by atoms with Crippen LogP contribution in [0.1, 0.15) is 0 Å². The third-order valence-corrected chi connectivity index (χ3v) is 7.20. The van der Waals surface area contributed by atoms with Crippen molar-refractivity contribution < 1.29 is 57.2 Å². The van der Waals surface area contributed by atoms with Crippen LogP contribution in [0.4, 0.5) is 4.39 Å². The summed E-state index contributed by atoms with van der Waals surface area (Å²) >= 11 is 0. The van der Waals surface area contributed by atoms with Gasteiger partial charge in [-0.2, -0.15) is 5.56 Å². The number of rotatable bonds is 4. The Hall–Kier alpha value is -4.05. The maximum absolute atomic E-state index is 12.6. The second-order valence-corrected chi connectivity index (χ2v) is 10.1. The Balaban J connectivity index is 0.000000266. The predicted octanol–water partition coefficient (Wildman–Crippen LogP) is 9.22. The van der Waals surface area contributed by atoms with Crippen molar-refractivity contribution in [3.05, 3.63) is 176 Å². The zero-order valence-corrected chi connectivity index (χ0v) is 30.3. The minimum Gasteiger partial charge on any atom is -0.374 e. The molecule has 2 heterocycles. The van der Waals surface area contributed by atoms with Crippen molar-refractivity contribution in [1.29, 1.82) is 0 Å². The van der Waals surface area contributed by atoms with Gasteiger partial charge in [0.25, 0.3) is 0 Å². The van der Waals surface area contributed by atoms with Crippen LogP contribution in [-0.4, -0.2) is 22.9 Å². The normalized spacial score (nSPS) is 10.1. The Labute approximate surface area is 314 Å². The van der Waals surface area contributed by atoms with Gasteiger partial charge in [0.15, 0.2) is 0 Å². The van der Waals surface area contributed by atoms with E-state index in [0.717, 1.165) is 55.9 Å².